The number of hydrogen-bond acceptors (Lipinski definition) is 4. The Morgan fingerprint density at radius 2 is 1.94 bits per heavy atom. The third kappa shape index (κ3) is 4.18. The summed E-state index contributed by atoms with van der Waals surface area (Å²) in [4.78, 5) is 0. The maximum absolute atomic E-state index is 5.36. The SMILES string of the molecule is COCCNCc1cc(Br)cc(OC)c1OC. The lowest BCUT2D eigenvalue weighted by atomic mass is 10.2. The molecule has 17 heavy (non-hydrogen) atoms. The molecule has 0 amide bonds. The monoisotopic (exact) mass is 303 g/mol. The van der Waals surface area contributed by atoms with Crippen molar-refractivity contribution in [2.24, 2.45) is 0 Å². The van der Waals surface area contributed by atoms with Gasteiger partial charge in [0.15, 0.2) is 11.5 Å². The minimum Gasteiger partial charge on any atom is -0.493 e. The van der Waals surface area contributed by atoms with Crippen molar-refractivity contribution in [3.05, 3.63) is 22.2 Å². The summed E-state index contributed by atoms with van der Waals surface area (Å²) in [7, 11) is 4.96. The fourth-order valence-electron chi connectivity index (χ4n) is 1.53. The van der Waals surface area contributed by atoms with Crippen LogP contribution >= 0.6 is 15.9 Å². The van der Waals surface area contributed by atoms with E-state index in [0.29, 0.717) is 13.2 Å². The fraction of sp³-hybridized carbons (Fsp3) is 0.500. The lowest BCUT2D eigenvalue weighted by Gasteiger charge is -2.14. The Balaban J connectivity index is 2.78. The Hall–Kier alpha value is -0.780. The van der Waals surface area contributed by atoms with Gasteiger partial charge in [0.2, 0.25) is 0 Å². The Morgan fingerprint density at radius 1 is 1.18 bits per heavy atom. The summed E-state index contributed by atoms with van der Waals surface area (Å²) in [6, 6.07) is 3.90. The highest BCUT2D eigenvalue weighted by molar-refractivity contribution is 9.10. The van der Waals surface area contributed by atoms with E-state index in [1.807, 2.05) is 12.1 Å². The van der Waals surface area contributed by atoms with Crippen LogP contribution in [0, 0.1) is 0 Å². The van der Waals surface area contributed by atoms with Crippen LogP contribution in [0.4, 0.5) is 0 Å². The van der Waals surface area contributed by atoms with Gasteiger partial charge in [0, 0.05) is 30.2 Å². The topological polar surface area (TPSA) is 39.7 Å². The molecule has 0 radical (unpaired) electrons. The van der Waals surface area contributed by atoms with E-state index in [2.05, 4.69) is 21.2 Å². The van der Waals surface area contributed by atoms with Gasteiger partial charge in [-0.3, -0.25) is 0 Å². The van der Waals surface area contributed by atoms with Crippen molar-refractivity contribution in [3.63, 3.8) is 0 Å². The Labute approximate surface area is 110 Å². The summed E-state index contributed by atoms with van der Waals surface area (Å²) in [5.41, 5.74) is 1.05. The predicted molar refractivity (Wildman–Crippen MR) is 70.8 cm³/mol. The normalized spacial score (nSPS) is 10.4. The van der Waals surface area contributed by atoms with Crippen LogP contribution in [0.25, 0.3) is 0 Å². The largest absolute Gasteiger partial charge is 0.493 e. The standard InChI is InChI=1S/C12H18BrNO3/c1-15-5-4-14-8-9-6-10(13)7-11(16-2)12(9)17-3/h6-7,14H,4-5,8H2,1-3H3. The Morgan fingerprint density at radius 3 is 2.53 bits per heavy atom. The van der Waals surface area contributed by atoms with Gasteiger partial charge in [0.25, 0.3) is 0 Å². The first-order chi connectivity index (χ1) is 8.22. The first-order valence-electron chi connectivity index (χ1n) is 5.33. The summed E-state index contributed by atoms with van der Waals surface area (Å²) in [6.07, 6.45) is 0. The van der Waals surface area contributed by atoms with E-state index >= 15 is 0 Å². The van der Waals surface area contributed by atoms with Crippen LogP contribution in [0.1, 0.15) is 5.56 Å². The van der Waals surface area contributed by atoms with Gasteiger partial charge in [-0.15, -0.1) is 0 Å². The fourth-order valence-corrected chi connectivity index (χ4v) is 2.02. The first kappa shape index (κ1) is 14.3. The molecule has 0 aromatic heterocycles. The minimum atomic E-state index is 0.688. The minimum absolute atomic E-state index is 0.688. The second-order valence-electron chi connectivity index (χ2n) is 3.47. The van der Waals surface area contributed by atoms with Gasteiger partial charge in [0.05, 0.1) is 20.8 Å². The molecule has 1 rings (SSSR count). The van der Waals surface area contributed by atoms with Gasteiger partial charge < -0.3 is 19.5 Å². The number of hydrogen-bond donors (Lipinski definition) is 1. The number of nitrogens with one attached hydrogen (secondary N) is 1. The smallest absolute Gasteiger partial charge is 0.165 e. The van der Waals surface area contributed by atoms with Gasteiger partial charge in [-0.2, -0.15) is 0 Å². The van der Waals surface area contributed by atoms with Crippen molar-refractivity contribution < 1.29 is 14.2 Å². The van der Waals surface area contributed by atoms with Gasteiger partial charge in [-0.25, -0.2) is 0 Å². The molecule has 0 spiro atoms. The summed E-state index contributed by atoms with van der Waals surface area (Å²) < 4.78 is 16.6. The molecule has 1 aromatic carbocycles. The molecule has 0 aliphatic heterocycles. The molecule has 0 saturated carbocycles. The van der Waals surface area contributed by atoms with E-state index in [-0.39, 0.29) is 0 Å². The maximum Gasteiger partial charge on any atom is 0.165 e. The number of rotatable bonds is 7. The summed E-state index contributed by atoms with van der Waals surface area (Å²) in [5.74, 6) is 1.49. The van der Waals surface area contributed by atoms with E-state index in [1.54, 1.807) is 21.3 Å². The average molecular weight is 304 g/mol. The van der Waals surface area contributed by atoms with E-state index in [4.69, 9.17) is 14.2 Å². The molecular formula is C12H18BrNO3. The molecule has 1 N–H and O–H groups in total. The second-order valence-corrected chi connectivity index (χ2v) is 4.39. The van der Waals surface area contributed by atoms with Crippen LogP contribution in [0.15, 0.2) is 16.6 Å². The first-order valence-corrected chi connectivity index (χ1v) is 6.12. The van der Waals surface area contributed by atoms with Gasteiger partial charge in [0.1, 0.15) is 0 Å². The number of halogens is 1. The van der Waals surface area contributed by atoms with Crippen molar-refractivity contribution in [1.82, 2.24) is 5.32 Å². The maximum atomic E-state index is 5.36. The zero-order valence-electron chi connectivity index (χ0n) is 10.4. The lowest BCUT2D eigenvalue weighted by Crippen LogP contribution is -2.19. The van der Waals surface area contributed by atoms with Crippen molar-refractivity contribution in [2.45, 2.75) is 6.54 Å². The molecule has 0 aliphatic carbocycles. The molecule has 0 fully saturated rings. The van der Waals surface area contributed by atoms with Crippen LogP contribution in [-0.2, 0) is 11.3 Å². The number of ether oxygens (including phenoxy) is 3. The van der Waals surface area contributed by atoms with Crippen molar-refractivity contribution in [2.75, 3.05) is 34.5 Å². The van der Waals surface area contributed by atoms with Gasteiger partial charge in [-0.05, 0) is 12.1 Å². The quantitative estimate of drug-likeness (QED) is 0.784. The molecular weight excluding hydrogens is 286 g/mol. The van der Waals surface area contributed by atoms with Gasteiger partial charge >= 0.3 is 0 Å². The highest BCUT2D eigenvalue weighted by atomic mass is 79.9. The molecule has 1 aromatic rings. The van der Waals surface area contributed by atoms with Crippen LogP contribution in [0.3, 0.4) is 0 Å². The zero-order valence-corrected chi connectivity index (χ0v) is 12.0. The lowest BCUT2D eigenvalue weighted by molar-refractivity contribution is 0.199. The van der Waals surface area contributed by atoms with Gasteiger partial charge in [-0.1, -0.05) is 15.9 Å². The number of methoxy groups -OCH3 is 3. The van der Waals surface area contributed by atoms with Crippen LogP contribution in [0.5, 0.6) is 11.5 Å². The second kappa shape index (κ2) is 7.53. The molecule has 5 heteroatoms. The summed E-state index contributed by atoms with van der Waals surface area (Å²) in [5, 5.41) is 3.27. The zero-order chi connectivity index (χ0) is 12.7. The van der Waals surface area contributed by atoms with Crippen LogP contribution in [0.2, 0.25) is 0 Å². The molecule has 0 aliphatic rings. The van der Waals surface area contributed by atoms with E-state index in [1.165, 1.54) is 0 Å². The molecule has 0 heterocycles. The number of benzene rings is 1. The molecule has 4 nitrogen and oxygen atoms in total. The molecule has 96 valence electrons. The molecule has 0 bridgehead atoms. The summed E-state index contributed by atoms with van der Waals surface area (Å²) >= 11 is 3.45. The predicted octanol–water partition coefficient (Wildman–Crippen LogP) is 2.20. The third-order valence-corrected chi connectivity index (χ3v) is 2.78. The van der Waals surface area contributed by atoms with Crippen LogP contribution in [-0.4, -0.2) is 34.5 Å². The molecule has 0 atom stereocenters. The third-order valence-electron chi connectivity index (χ3n) is 2.32. The van der Waals surface area contributed by atoms with E-state index in [9.17, 15) is 0 Å². The Kier molecular flexibility index (Phi) is 6.32. The highest BCUT2D eigenvalue weighted by Crippen LogP contribution is 2.34. The van der Waals surface area contributed by atoms with Crippen molar-refractivity contribution >= 4 is 15.9 Å². The highest BCUT2D eigenvalue weighted by Gasteiger charge is 2.11. The molecule has 0 unspecified atom stereocenters. The average Bonchev–Trinajstić information content (AvgIpc) is 2.33. The summed E-state index contributed by atoms with van der Waals surface area (Å²) in [6.45, 7) is 2.20. The van der Waals surface area contributed by atoms with Crippen LogP contribution < -0.4 is 14.8 Å². The molecule has 0 saturated heterocycles. The van der Waals surface area contributed by atoms with Crippen molar-refractivity contribution in [1.29, 1.82) is 0 Å². The Bertz CT molecular complexity index is 358. The van der Waals surface area contributed by atoms with E-state index < -0.39 is 0 Å². The van der Waals surface area contributed by atoms with Crippen molar-refractivity contribution in [3.8, 4) is 11.5 Å². The van der Waals surface area contributed by atoms with E-state index in [0.717, 1.165) is 28.1 Å².